The second kappa shape index (κ2) is 11.2. The van der Waals surface area contributed by atoms with E-state index in [1.165, 1.54) is 59.3 Å². The van der Waals surface area contributed by atoms with Crippen molar-refractivity contribution in [1.29, 1.82) is 0 Å². The normalized spacial score (nSPS) is 12.3. The number of fused-ring (bicyclic) bond motifs is 13. The highest BCUT2D eigenvalue weighted by Gasteiger charge is 2.26. The van der Waals surface area contributed by atoms with Crippen LogP contribution in [-0.4, -0.2) is 0 Å². The Morgan fingerprint density at radius 3 is 1.68 bits per heavy atom. The highest BCUT2D eigenvalue weighted by Crippen LogP contribution is 2.52. The lowest BCUT2D eigenvalue weighted by molar-refractivity contribution is 0.629. The van der Waals surface area contributed by atoms with Crippen LogP contribution in [0.4, 0.5) is 0 Å². The molecule has 0 fully saturated rings. The molecule has 0 atom stereocenters. The average Bonchev–Trinajstić information content (AvgIpc) is 4.03. The van der Waals surface area contributed by atoms with Crippen LogP contribution in [0.1, 0.15) is 0 Å². The lowest BCUT2D eigenvalue weighted by atomic mass is 9.84. The number of furan rings is 3. The van der Waals surface area contributed by atoms with Crippen molar-refractivity contribution in [2.45, 2.75) is 0 Å². The van der Waals surface area contributed by atoms with Gasteiger partial charge in [0.15, 0.2) is 5.58 Å². The Labute approximate surface area is 323 Å². The van der Waals surface area contributed by atoms with Crippen LogP contribution in [0.2, 0.25) is 0 Å². The van der Waals surface area contributed by atoms with Crippen molar-refractivity contribution >= 4 is 108 Å². The van der Waals surface area contributed by atoms with Crippen LogP contribution >= 0.6 is 11.3 Å². The zero-order chi connectivity index (χ0) is 36.5. The van der Waals surface area contributed by atoms with Gasteiger partial charge in [-0.15, -0.1) is 11.3 Å². The van der Waals surface area contributed by atoms with Gasteiger partial charge in [-0.05, 0) is 80.2 Å². The minimum absolute atomic E-state index is 0.756. The first-order valence-electron chi connectivity index (χ1n) is 18.9. The maximum atomic E-state index is 7.18. The standard InChI is InChI=1S/C52H28O3S/c1-2-14-29(15-3-1)45-32-17-4-6-19-34(32)46(35-20-7-5-18-33(35)45)39-26-30-27-42(55-50(30)52-47(39)37-22-10-13-25-44(37)56-52)49-48-36-21-9-12-24-41(36)53-43(48)28-38-31-16-8-11-23-40(31)54-51(38)49/h1-28H. The summed E-state index contributed by atoms with van der Waals surface area (Å²) in [5.74, 6) is 0.756. The topological polar surface area (TPSA) is 39.4 Å². The number of rotatable bonds is 3. The Bertz CT molecular complexity index is 3700. The van der Waals surface area contributed by atoms with E-state index in [4.69, 9.17) is 13.3 Å². The molecule has 13 aromatic rings. The lowest BCUT2D eigenvalue weighted by Gasteiger charge is -2.18. The van der Waals surface area contributed by atoms with Gasteiger partial charge in [-0.2, -0.15) is 0 Å². The first kappa shape index (κ1) is 30.2. The molecule has 0 aliphatic rings. The summed E-state index contributed by atoms with van der Waals surface area (Å²) in [6.07, 6.45) is 0. The molecule has 0 spiro atoms. The molecule has 0 saturated carbocycles. The quantitative estimate of drug-likeness (QED) is 0.170. The van der Waals surface area contributed by atoms with Gasteiger partial charge in [-0.25, -0.2) is 0 Å². The Balaban J connectivity index is 1.19. The van der Waals surface area contributed by atoms with Crippen molar-refractivity contribution in [2.75, 3.05) is 0 Å². The molecule has 0 N–H and O–H groups in total. The van der Waals surface area contributed by atoms with E-state index < -0.39 is 0 Å². The van der Waals surface area contributed by atoms with Crippen LogP contribution < -0.4 is 0 Å². The third-order valence-corrected chi connectivity index (χ3v) is 12.8. The van der Waals surface area contributed by atoms with Crippen molar-refractivity contribution in [2.24, 2.45) is 0 Å². The number of thiophene rings is 1. The summed E-state index contributed by atoms with van der Waals surface area (Å²) < 4.78 is 22.8. The summed E-state index contributed by atoms with van der Waals surface area (Å²) in [5, 5.41) is 12.5. The first-order chi connectivity index (χ1) is 27.8. The van der Waals surface area contributed by atoms with E-state index in [1.807, 2.05) is 24.3 Å². The molecule has 0 unspecified atom stereocenters. The third-order valence-electron chi connectivity index (χ3n) is 11.7. The SMILES string of the molecule is c1ccc(-c2c3ccccc3c(-c3cc4cc(-c5c6oc7ccccc7c6cc6oc7ccccc7c56)oc4c4sc5ccccc5c34)c3ccccc23)cc1. The van der Waals surface area contributed by atoms with Gasteiger partial charge in [0.1, 0.15) is 28.1 Å². The molecule has 0 saturated heterocycles. The van der Waals surface area contributed by atoms with E-state index in [9.17, 15) is 0 Å². The predicted molar refractivity (Wildman–Crippen MR) is 235 cm³/mol. The lowest BCUT2D eigenvalue weighted by Crippen LogP contribution is -1.91. The van der Waals surface area contributed by atoms with E-state index in [0.717, 1.165) is 70.9 Å². The minimum atomic E-state index is 0.756. The molecule has 13 rings (SSSR count). The number of hydrogen-bond donors (Lipinski definition) is 0. The van der Waals surface area contributed by atoms with Gasteiger partial charge in [0, 0.05) is 42.4 Å². The van der Waals surface area contributed by atoms with E-state index in [2.05, 4.69) is 146 Å². The largest absolute Gasteiger partial charge is 0.456 e. The van der Waals surface area contributed by atoms with Crippen molar-refractivity contribution < 1.29 is 13.3 Å². The fourth-order valence-corrected chi connectivity index (χ4v) is 10.6. The Hall–Kier alpha value is -7.14. The van der Waals surface area contributed by atoms with E-state index >= 15 is 0 Å². The molecule has 0 radical (unpaired) electrons. The van der Waals surface area contributed by atoms with Gasteiger partial charge >= 0.3 is 0 Å². The van der Waals surface area contributed by atoms with Crippen molar-refractivity contribution in [1.82, 2.24) is 0 Å². The maximum absolute atomic E-state index is 7.18. The van der Waals surface area contributed by atoms with E-state index in [1.54, 1.807) is 11.3 Å². The first-order valence-corrected chi connectivity index (χ1v) is 19.7. The summed E-state index contributed by atoms with van der Waals surface area (Å²) >= 11 is 1.80. The van der Waals surface area contributed by atoms with Crippen LogP contribution in [0.15, 0.2) is 183 Å². The molecule has 0 amide bonds. The van der Waals surface area contributed by atoms with E-state index in [0.29, 0.717) is 0 Å². The number of benzene rings is 9. The van der Waals surface area contributed by atoms with Crippen LogP contribution in [0.25, 0.3) is 130 Å². The molecule has 4 heterocycles. The summed E-state index contributed by atoms with van der Waals surface area (Å²) in [6.45, 7) is 0. The fraction of sp³-hybridized carbons (Fsp3) is 0. The highest BCUT2D eigenvalue weighted by atomic mass is 32.1. The Morgan fingerprint density at radius 1 is 0.357 bits per heavy atom. The van der Waals surface area contributed by atoms with Gasteiger partial charge in [-0.1, -0.05) is 133 Å². The summed E-state index contributed by atoms with van der Waals surface area (Å²) in [5.41, 5.74) is 9.97. The van der Waals surface area contributed by atoms with Gasteiger partial charge in [-0.3, -0.25) is 0 Å². The van der Waals surface area contributed by atoms with Gasteiger partial charge < -0.3 is 13.3 Å². The maximum Gasteiger partial charge on any atom is 0.152 e. The molecule has 4 aromatic heterocycles. The summed E-state index contributed by atoms with van der Waals surface area (Å²) in [6, 6.07) is 60.5. The van der Waals surface area contributed by atoms with E-state index in [-0.39, 0.29) is 0 Å². The van der Waals surface area contributed by atoms with Crippen molar-refractivity contribution in [3.05, 3.63) is 170 Å². The van der Waals surface area contributed by atoms with Gasteiger partial charge in [0.25, 0.3) is 0 Å². The minimum Gasteiger partial charge on any atom is -0.456 e. The molecule has 3 nitrogen and oxygen atoms in total. The van der Waals surface area contributed by atoms with Crippen LogP contribution in [0, 0.1) is 0 Å². The van der Waals surface area contributed by atoms with Crippen LogP contribution in [0.3, 0.4) is 0 Å². The summed E-state index contributed by atoms with van der Waals surface area (Å²) in [7, 11) is 0. The predicted octanol–water partition coefficient (Wildman–Crippen LogP) is 15.9. The van der Waals surface area contributed by atoms with Gasteiger partial charge in [0.05, 0.1) is 10.3 Å². The molecule has 0 bridgehead atoms. The second-order valence-electron chi connectivity index (χ2n) is 14.7. The monoisotopic (exact) mass is 732 g/mol. The molecule has 4 heteroatoms. The third kappa shape index (κ3) is 4.06. The number of para-hydroxylation sites is 2. The van der Waals surface area contributed by atoms with Crippen molar-refractivity contribution in [3.63, 3.8) is 0 Å². The summed E-state index contributed by atoms with van der Waals surface area (Å²) in [4.78, 5) is 0. The van der Waals surface area contributed by atoms with Gasteiger partial charge in [0.2, 0.25) is 0 Å². The van der Waals surface area contributed by atoms with Crippen molar-refractivity contribution in [3.8, 4) is 33.6 Å². The molecule has 9 aromatic carbocycles. The average molecular weight is 733 g/mol. The van der Waals surface area contributed by atoms with Crippen LogP contribution in [0.5, 0.6) is 0 Å². The molecular weight excluding hydrogens is 705 g/mol. The Kier molecular flexibility index (Phi) is 6.04. The van der Waals surface area contributed by atoms with Crippen LogP contribution in [-0.2, 0) is 0 Å². The molecule has 56 heavy (non-hydrogen) atoms. The smallest absolute Gasteiger partial charge is 0.152 e. The zero-order valence-corrected chi connectivity index (χ0v) is 30.6. The fourth-order valence-electron chi connectivity index (χ4n) is 9.34. The second-order valence-corrected chi connectivity index (χ2v) is 15.7. The Morgan fingerprint density at radius 2 is 0.946 bits per heavy atom. The molecule has 0 aliphatic carbocycles. The zero-order valence-electron chi connectivity index (χ0n) is 29.8. The number of hydrogen-bond acceptors (Lipinski definition) is 4. The molecule has 260 valence electrons. The molecule has 0 aliphatic heterocycles. The molecular formula is C52H28O3S. The highest BCUT2D eigenvalue weighted by molar-refractivity contribution is 7.26.